The monoisotopic (exact) mass is 292 g/mol. The molecular formula is C15H20N2O4. The minimum absolute atomic E-state index is 0.0439. The fourth-order valence-electron chi connectivity index (χ4n) is 1.77. The van der Waals surface area contributed by atoms with Crippen molar-refractivity contribution in [3.63, 3.8) is 0 Å². The van der Waals surface area contributed by atoms with E-state index in [-0.39, 0.29) is 17.4 Å². The molecule has 0 unspecified atom stereocenters. The molecule has 0 saturated carbocycles. The van der Waals surface area contributed by atoms with Crippen LogP contribution in [-0.2, 0) is 9.59 Å². The molecule has 0 spiro atoms. The summed E-state index contributed by atoms with van der Waals surface area (Å²) >= 11 is 0. The van der Waals surface area contributed by atoms with Gasteiger partial charge in [0, 0.05) is 25.6 Å². The molecule has 0 aliphatic carbocycles. The lowest BCUT2D eigenvalue weighted by molar-refractivity contribution is -0.119. The molecule has 6 nitrogen and oxygen atoms in total. The van der Waals surface area contributed by atoms with Gasteiger partial charge in [0.15, 0.2) is 0 Å². The number of carboxylic acids is 1. The van der Waals surface area contributed by atoms with E-state index in [2.05, 4.69) is 10.6 Å². The first-order valence-corrected chi connectivity index (χ1v) is 6.86. The van der Waals surface area contributed by atoms with Gasteiger partial charge in [-0.05, 0) is 37.1 Å². The minimum Gasteiger partial charge on any atom is -0.478 e. The van der Waals surface area contributed by atoms with Gasteiger partial charge < -0.3 is 15.7 Å². The second-order valence-electron chi connectivity index (χ2n) is 4.72. The Hall–Kier alpha value is -2.37. The molecule has 6 heteroatoms. The molecule has 114 valence electrons. The summed E-state index contributed by atoms with van der Waals surface area (Å²) in [6, 6.07) is 6.03. The van der Waals surface area contributed by atoms with Crippen LogP contribution in [0.15, 0.2) is 24.3 Å². The Morgan fingerprint density at radius 3 is 2.29 bits per heavy atom. The summed E-state index contributed by atoms with van der Waals surface area (Å²) in [4.78, 5) is 33.0. The van der Waals surface area contributed by atoms with E-state index in [4.69, 9.17) is 5.11 Å². The van der Waals surface area contributed by atoms with Crippen LogP contribution in [0.2, 0.25) is 0 Å². The minimum atomic E-state index is -0.993. The molecular weight excluding hydrogens is 272 g/mol. The summed E-state index contributed by atoms with van der Waals surface area (Å²) in [6.07, 6.45) is 2.87. The van der Waals surface area contributed by atoms with Gasteiger partial charge in [-0.1, -0.05) is 6.42 Å². The standard InChI is InChI=1S/C15H20N2O4/c1-11(18)16-10-4-2-3-5-14(19)17-13-8-6-12(7-9-13)15(20)21/h6-9H,2-5,10H2,1H3,(H,16,18)(H,17,19)(H,20,21). The van der Waals surface area contributed by atoms with E-state index >= 15 is 0 Å². The molecule has 0 heterocycles. The highest BCUT2D eigenvalue weighted by Crippen LogP contribution is 2.10. The molecule has 1 aromatic rings. The maximum Gasteiger partial charge on any atom is 0.335 e. The maximum absolute atomic E-state index is 11.7. The highest BCUT2D eigenvalue weighted by atomic mass is 16.4. The maximum atomic E-state index is 11.7. The van der Waals surface area contributed by atoms with Gasteiger partial charge in [0.25, 0.3) is 0 Å². The number of nitrogens with one attached hydrogen (secondary N) is 2. The second-order valence-corrected chi connectivity index (χ2v) is 4.72. The van der Waals surface area contributed by atoms with E-state index in [1.165, 1.54) is 19.1 Å². The summed E-state index contributed by atoms with van der Waals surface area (Å²) in [5.41, 5.74) is 0.772. The lowest BCUT2D eigenvalue weighted by Gasteiger charge is -2.06. The number of carbonyl (C=O) groups is 3. The molecule has 0 fully saturated rings. The van der Waals surface area contributed by atoms with Crippen molar-refractivity contribution in [3.8, 4) is 0 Å². The van der Waals surface area contributed by atoms with Gasteiger partial charge >= 0.3 is 5.97 Å². The number of aromatic carboxylic acids is 1. The number of unbranched alkanes of at least 4 members (excludes halogenated alkanes) is 2. The quantitative estimate of drug-likeness (QED) is 0.639. The third-order valence-corrected chi connectivity index (χ3v) is 2.87. The molecule has 0 atom stereocenters. The Morgan fingerprint density at radius 1 is 1.05 bits per heavy atom. The zero-order chi connectivity index (χ0) is 15.7. The average molecular weight is 292 g/mol. The fraction of sp³-hybridized carbons (Fsp3) is 0.400. The summed E-state index contributed by atoms with van der Waals surface area (Å²) in [7, 11) is 0. The number of anilines is 1. The Balaban J connectivity index is 2.21. The Kier molecular flexibility index (Phi) is 6.94. The van der Waals surface area contributed by atoms with Crippen molar-refractivity contribution >= 4 is 23.5 Å². The van der Waals surface area contributed by atoms with Crippen LogP contribution in [0.25, 0.3) is 0 Å². The number of hydrogen-bond acceptors (Lipinski definition) is 3. The zero-order valence-corrected chi connectivity index (χ0v) is 12.0. The zero-order valence-electron chi connectivity index (χ0n) is 12.0. The van der Waals surface area contributed by atoms with Crippen molar-refractivity contribution in [2.75, 3.05) is 11.9 Å². The third-order valence-electron chi connectivity index (χ3n) is 2.87. The summed E-state index contributed by atoms with van der Waals surface area (Å²) in [6.45, 7) is 2.11. The molecule has 0 radical (unpaired) electrons. The Labute approximate surface area is 123 Å². The van der Waals surface area contributed by atoms with Gasteiger partial charge in [0.2, 0.25) is 11.8 Å². The molecule has 3 N–H and O–H groups in total. The van der Waals surface area contributed by atoms with E-state index in [0.29, 0.717) is 18.7 Å². The largest absolute Gasteiger partial charge is 0.478 e. The van der Waals surface area contributed by atoms with Crippen LogP contribution >= 0.6 is 0 Å². The number of carbonyl (C=O) groups excluding carboxylic acids is 2. The highest BCUT2D eigenvalue weighted by molar-refractivity contribution is 5.92. The second kappa shape index (κ2) is 8.73. The first-order valence-electron chi connectivity index (χ1n) is 6.86. The van der Waals surface area contributed by atoms with Gasteiger partial charge in [-0.2, -0.15) is 0 Å². The molecule has 2 amide bonds. The van der Waals surface area contributed by atoms with Crippen LogP contribution in [0.5, 0.6) is 0 Å². The summed E-state index contributed by atoms with van der Waals surface area (Å²) in [5, 5.41) is 14.2. The number of rotatable bonds is 8. The molecule has 0 aromatic heterocycles. The SMILES string of the molecule is CC(=O)NCCCCCC(=O)Nc1ccc(C(=O)O)cc1. The van der Waals surface area contributed by atoms with E-state index in [9.17, 15) is 14.4 Å². The third kappa shape index (κ3) is 7.10. The van der Waals surface area contributed by atoms with Gasteiger partial charge in [-0.15, -0.1) is 0 Å². The molecule has 0 bridgehead atoms. The molecule has 0 saturated heterocycles. The first kappa shape index (κ1) is 16.7. The van der Waals surface area contributed by atoms with Crippen LogP contribution in [0.1, 0.15) is 43.0 Å². The predicted molar refractivity (Wildman–Crippen MR) is 79.2 cm³/mol. The summed E-state index contributed by atoms with van der Waals surface area (Å²) < 4.78 is 0. The van der Waals surface area contributed by atoms with Gasteiger partial charge in [0.05, 0.1) is 5.56 Å². The van der Waals surface area contributed by atoms with E-state index < -0.39 is 5.97 Å². The van der Waals surface area contributed by atoms with Crippen LogP contribution < -0.4 is 10.6 Å². The average Bonchev–Trinajstić information content (AvgIpc) is 2.43. The number of hydrogen-bond donors (Lipinski definition) is 3. The van der Waals surface area contributed by atoms with Crippen molar-refractivity contribution in [2.45, 2.75) is 32.6 Å². The van der Waals surface area contributed by atoms with E-state index in [1.807, 2.05) is 0 Å². The van der Waals surface area contributed by atoms with Gasteiger partial charge in [0.1, 0.15) is 0 Å². The van der Waals surface area contributed by atoms with E-state index in [1.54, 1.807) is 12.1 Å². The normalized spacial score (nSPS) is 9.95. The number of carboxylic acid groups (broad SMARTS) is 1. The number of amides is 2. The van der Waals surface area contributed by atoms with Crippen molar-refractivity contribution in [1.82, 2.24) is 5.32 Å². The lowest BCUT2D eigenvalue weighted by Crippen LogP contribution is -2.20. The molecule has 0 aliphatic rings. The Bertz CT molecular complexity index is 497. The summed E-state index contributed by atoms with van der Waals surface area (Å²) in [5.74, 6) is -1.14. The molecule has 0 aliphatic heterocycles. The topological polar surface area (TPSA) is 95.5 Å². The smallest absolute Gasteiger partial charge is 0.335 e. The molecule has 21 heavy (non-hydrogen) atoms. The first-order chi connectivity index (χ1) is 9.99. The van der Waals surface area contributed by atoms with Gasteiger partial charge in [-0.3, -0.25) is 9.59 Å². The van der Waals surface area contributed by atoms with Crippen molar-refractivity contribution in [3.05, 3.63) is 29.8 Å². The van der Waals surface area contributed by atoms with Crippen LogP contribution in [0.3, 0.4) is 0 Å². The lowest BCUT2D eigenvalue weighted by atomic mass is 10.1. The predicted octanol–water partition coefficient (Wildman–Crippen LogP) is 2.02. The Morgan fingerprint density at radius 2 is 1.71 bits per heavy atom. The van der Waals surface area contributed by atoms with Crippen LogP contribution in [0.4, 0.5) is 5.69 Å². The van der Waals surface area contributed by atoms with Crippen LogP contribution in [0, 0.1) is 0 Å². The van der Waals surface area contributed by atoms with Crippen molar-refractivity contribution in [1.29, 1.82) is 0 Å². The molecule has 1 aromatic carbocycles. The molecule has 1 rings (SSSR count). The van der Waals surface area contributed by atoms with Crippen molar-refractivity contribution in [2.24, 2.45) is 0 Å². The van der Waals surface area contributed by atoms with E-state index in [0.717, 1.165) is 19.3 Å². The van der Waals surface area contributed by atoms with Gasteiger partial charge in [-0.25, -0.2) is 4.79 Å². The number of benzene rings is 1. The van der Waals surface area contributed by atoms with Crippen molar-refractivity contribution < 1.29 is 19.5 Å². The van der Waals surface area contributed by atoms with Crippen LogP contribution in [-0.4, -0.2) is 29.4 Å². The fourth-order valence-corrected chi connectivity index (χ4v) is 1.77. The highest BCUT2D eigenvalue weighted by Gasteiger charge is 2.04.